The van der Waals surface area contributed by atoms with Crippen molar-refractivity contribution in [1.82, 2.24) is 24.9 Å². The van der Waals surface area contributed by atoms with Crippen LogP contribution in [0.3, 0.4) is 0 Å². The zero-order chi connectivity index (χ0) is 26.2. The number of piperidine rings is 1. The Morgan fingerprint density at radius 3 is 2.49 bits per heavy atom. The number of aromatic nitrogens is 4. The largest absolute Gasteiger partial charge is 0.406 e. The Kier molecular flexibility index (Phi) is 6.65. The van der Waals surface area contributed by atoms with Crippen molar-refractivity contribution >= 4 is 17.5 Å². The highest BCUT2D eigenvalue weighted by molar-refractivity contribution is 5.97. The standard InChI is InChI=1S/C25H24F4N6O2/c26-19-2-1-3-21-18(19)4-5-22(24(37)34(21)15-25(27,28)29)35-14-20(31-32-35)16-8-12-33(13-9-16)23(36)17-6-10-30-11-7-17/h1-3,6-7,10-11,14,16,22H,4-5,8-9,12-13,15H2. The Morgan fingerprint density at radius 1 is 1.05 bits per heavy atom. The summed E-state index contributed by atoms with van der Waals surface area (Å²) in [6.07, 6.45) is 1.48. The van der Waals surface area contributed by atoms with Gasteiger partial charge in [-0.1, -0.05) is 11.3 Å². The zero-order valence-corrected chi connectivity index (χ0v) is 19.7. The molecular formula is C25H24F4N6O2. The number of likely N-dealkylation sites (tertiary alicyclic amines) is 1. The second-order valence-corrected chi connectivity index (χ2v) is 9.26. The molecule has 0 aliphatic carbocycles. The van der Waals surface area contributed by atoms with Crippen LogP contribution in [0.1, 0.15) is 52.8 Å². The second-order valence-electron chi connectivity index (χ2n) is 9.26. The average molecular weight is 516 g/mol. The van der Waals surface area contributed by atoms with Gasteiger partial charge in [-0.25, -0.2) is 9.07 Å². The van der Waals surface area contributed by atoms with E-state index in [1.165, 1.54) is 22.9 Å². The van der Waals surface area contributed by atoms with Gasteiger partial charge in [0.25, 0.3) is 11.8 Å². The van der Waals surface area contributed by atoms with Crippen molar-refractivity contribution in [1.29, 1.82) is 0 Å². The molecule has 2 amide bonds. The number of anilines is 1. The molecule has 2 aliphatic heterocycles. The van der Waals surface area contributed by atoms with Crippen LogP contribution in [0.5, 0.6) is 0 Å². The molecule has 0 spiro atoms. The monoisotopic (exact) mass is 516 g/mol. The Balaban J connectivity index is 1.32. The summed E-state index contributed by atoms with van der Waals surface area (Å²) in [5.41, 5.74) is 1.18. The van der Waals surface area contributed by atoms with Gasteiger partial charge in [0.1, 0.15) is 18.4 Å². The van der Waals surface area contributed by atoms with Crippen LogP contribution in [0, 0.1) is 5.82 Å². The molecule has 0 radical (unpaired) electrons. The molecule has 1 fully saturated rings. The molecule has 1 atom stereocenters. The van der Waals surface area contributed by atoms with Crippen molar-refractivity contribution in [2.75, 3.05) is 24.5 Å². The third-order valence-corrected chi connectivity index (χ3v) is 6.92. The fourth-order valence-electron chi connectivity index (χ4n) is 5.02. The van der Waals surface area contributed by atoms with Crippen LogP contribution in [0.4, 0.5) is 23.2 Å². The van der Waals surface area contributed by atoms with E-state index in [1.54, 1.807) is 35.6 Å². The summed E-state index contributed by atoms with van der Waals surface area (Å²) in [5.74, 6) is -1.55. The molecule has 194 valence electrons. The number of nitrogens with zero attached hydrogens (tertiary/aromatic N) is 6. The smallest absolute Gasteiger partial charge is 0.339 e. The molecule has 3 aromatic rings. The zero-order valence-electron chi connectivity index (χ0n) is 19.7. The van der Waals surface area contributed by atoms with Crippen molar-refractivity contribution < 1.29 is 27.2 Å². The van der Waals surface area contributed by atoms with Crippen LogP contribution in [0.15, 0.2) is 48.9 Å². The van der Waals surface area contributed by atoms with Crippen LogP contribution in [-0.4, -0.2) is 62.5 Å². The van der Waals surface area contributed by atoms with Gasteiger partial charge >= 0.3 is 6.18 Å². The number of alkyl halides is 3. The van der Waals surface area contributed by atoms with Gasteiger partial charge in [-0.05, 0) is 49.9 Å². The highest BCUT2D eigenvalue weighted by atomic mass is 19.4. The summed E-state index contributed by atoms with van der Waals surface area (Å²) < 4.78 is 55.8. The number of pyridine rings is 1. The molecule has 12 heteroatoms. The van der Waals surface area contributed by atoms with E-state index in [9.17, 15) is 27.2 Å². The normalized spacial score (nSPS) is 19.0. The van der Waals surface area contributed by atoms with Gasteiger partial charge in [0.15, 0.2) is 0 Å². The lowest BCUT2D eigenvalue weighted by molar-refractivity contribution is -0.134. The molecule has 4 heterocycles. The molecule has 37 heavy (non-hydrogen) atoms. The molecule has 1 unspecified atom stereocenters. The van der Waals surface area contributed by atoms with Crippen LogP contribution >= 0.6 is 0 Å². The molecule has 1 saturated heterocycles. The maximum Gasteiger partial charge on any atom is 0.406 e. The minimum Gasteiger partial charge on any atom is -0.339 e. The van der Waals surface area contributed by atoms with Crippen molar-refractivity contribution in [3.63, 3.8) is 0 Å². The predicted octanol–water partition coefficient (Wildman–Crippen LogP) is 3.91. The van der Waals surface area contributed by atoms with E-state index in [0.29, 0.717) is 42.1 Å². The fraction of sp³-hybridized carbons (Fsp3) is 0.400. The quantitative estimate of drug-likeness (QED) is 0.491. The molecule has 0 bridgehead atoms. The lowest BCUT2D eigenvalue weighted by Gasteiger charge is -2.31. The van der Waals surface area contributed by atoms with Gasteiger partial charge in [-0.3, -0.25) is 14.6 Å². The number of hydrogen-bond acceptors (Lipinski definition) is 5. The highest BCUT2D eigenvalue weighted by Gasteiger charge is 2.40. The number of halogens is 4. The van der Waals surface area contributed by atoms with Crippen molar-refractivity contribution in [2.45, 2.75) is 43.8 Å². The van der Waals surface area contributed by atoms with E-state index >= 15 is 0 Å². The number of benzene rings is 1. The van der Waals surface area contributed by atoms with Crippen molar-refractivity contribution in [2.24, 2.45) is 0 Å². The molecule has 2 aromatic heterocycles. The van der Waals surface area contributed by atoms with E-state index in [4.69, 9.17) is 0 Å². The van der Waals surface area contributed by atoms with E-state index < -0.39 is 30.5 Å². The van der Waals surface area contributed by atoms with Crippen molar-refractivity contribution in [3.05, 3.63) is 71.6 Å². The van der Waals surface area contributed by atoms with Gasteiger partial charge in [-0.15, -0.1) is 5.10 Å². The number of hydrogen-bond donors (Lipinski definition) is 0. The summed E-state index contributed by atoms with van der Waals surface area (Å²) in [4.78, 5) is 32.3. The Bertz CT molecular complexity index is 1290. The number of amides is 2. The minimum absolute atomic E-state index is 0.0166. The lowest BCUT2D eigenvalue weighted by atomic mass is 9.93. The van der Waals surface area contributed by atoms with Crippen LogP contribution in [0.25, 0.3) is 0 Å². The molecule has 0 saturated carbocycles. The van der Waals surface area contributed by atoms with Crippen LogP contribution in [0.2, 0.25) is 0 Å². The average Bonchev–Trinajstić information content (AvgIpc) is 3.33. The second kappa shape index (κ2) is 9.91. The summed E-state index contributed by atoms with van der Waals surface area (Å²) in [5, 5.41) is 8.29. The predicted molar refractivity (Wildman–Crippen MR) is 124 cm³/mol. The first kappa shape index (κ1) is 24.8. The molecule has 8 nitrogen and oxygen atoms in total. The first-order valence-corrected chi connectivity index (χ1v) is 12.0. The first-order valence-electron chi connectivity index (χ1n) is 12.0. The Hall–Kier alpha value is -3.83. The maximum atomic E-state index is 14.5. The van der Waals surface area contributed by atoms with Crippen LogP contribution in [-0.2, 0) is 11.2 Å². The molecular weight excluding hydrogens is 492 g/mol. The first-order chi connectivity index (χ1) is 17.7. The fourth-order valence-corrected chi connectivity index (χ4v) is 5.02. The van der Waals surface area contributed by atoms with Gasteiger partial charge < -0.3 is 9.80 Å². The number of carbonyl (C=O) groups excluding carboxylic acids is 2. The topological polar surface area (TPSA) is 84.2 Å². The van der Waals surface area contributed by atoms with Crippen molar-refractivity contribution in [3.8, 4) is 0 Å². The van der Waals surface area contributed by atoms with Gasteiger partial charge in [0.05, 0.1) is 11.4 Å². The summed E-state index contributed by atoms with van der Waals surface area (Å²) in [6, 6.07) is 6.08. The molecule has 5 rings (SSSR count). The minimum atomic E-state index is -4.66. The van der Waals surface area contributed by atoms with E-state index in [0.717, 1.165) is 0 Å². The number of rotatable bonds is 4. The Labute approximate surface area is 209 Å². The maximum absolute atomic E-state index is 14.5. The highest BCUT2D eigenvalue weighted by Crippen LogP contribution is 2.35. The van der Waals surface area contributed by atoms with Gasteiger partial charge in [0.2, 0.25) is 0 Å². The van der Waals surface area contributed by atoms with E-state index in [-0.39, 0.29) is 35.9 Å². The van der Waals surface area contributed by atoms with Crippen LogP contribution < -0.4 is 4.90 Å². The molecule has 1 aromatic carbocycles. The number of fused-ring (bicyclic) bond motifs is 1. The Morgan fingerprint density at radius 2 is 1.78 bits per heavy atom. The summed E-state index contributed by atoms with van der Waals surface area (Å²) >= 11 is 0. The summed E-state index contributed by atoms with van der Waals surface area (Å²) in [7, 11) is 0. The number of carbonyl (C=O) groups is 2. The van der Waals surface area contributed by atoms with E-state index in [2.05, 4.69) is 15.3 Å². The SMILES string of the molecule is O=C(c1ccncc1)N1CCC(c2cn(C3CCc4c(F)cccc4N(CC(F)(F)F)C3=O)nn2)CC1. The third kappa shape index (κ3) is 5.18. The third-order valence-electron chi connectivity index (χ3n) is 6.92. The van der Waals surface area contributed by atoms with Gasteiger partial charge in [-0.2, -0.15) is 13.2 Å². The van der Waals surface area contributed by atoms with Gasteiger partial charge in [0, 0.05) is 48.7 Å². The van der Waals surface area contributed by atoms with E-state index in [1.807, 2.05) is 0 Å². The summed E-state index contributed by atoms with van der Waals surface area (Å²) in [6.45, 7) is -0.506. The molecule has 0 N–H and O–H groups in total. The lowest BCUT2D eigenvalue weighted by Crippen LogP contribution is -2.42. The molecule has 2 aliphatic rings.